The van der Waals surface area contributed by atoms with Crippen molar-refractivity contribution in [2.24, 2.45) is 17.8 Å². The molecule has 132 valence electrons. The van der Waals surface area contributed by atoms with Crippen molar-refractivity contribution in [3.63, 3.8) is 0 Å². The number of carbonyl (C=O) groups is 2. The molecule has 1 amide bonds. The SMILES string of the molecule is CN1CCN(C(=O)[C@H]2[C@H]3CC[C@@]4(CC(=O)c5ccccc5O4)[C@@H]32)CC1. The number of Topliss-reactive ketones (excluding diaryl/α,β-unsaturated/α-hetero) is 1. The number of likely N-dealkylation sites (N-methyl/N-ethyl adjacent to an activating group) is 1. The highest BCUT2D eigenvalue weighted by Crippen LogP contribution is 2.66. The van der Waals surface area contributed by atoms with Crippen LogP contribution in [0.15, 0.2) is 24.3 Å². The van der Waals surface area contributed by atoms with E-state index >= 15 is 0 Å². The van der Waals surface area contributed by atoms with Crippen LogP contribution in [-0.2, 0) is 4.79 Å². The van der Waals surface area contributed by atoms with Gasteiger partial charge < -0.3 is 14.5 Å². The molecule has 0 aromatic heterocycles. The van der Waals surface area contributed by atoms with Crippen LogP contribution in [0.4, 0.5) is 0 Å². The van der Waals surface area contributed by atoms with E-state index in [0.717, 1.165) is 39.0 Å². The zero-order valence-electron chi connectivity index (χ0n) is 14.6. The Morgan fingerprint density at radius 1 is 1.20 bits per heavy atom. The highest BCUT2D eigenvalue weighted by Gasteiger charge is 2.71. The molecule has 25 heavy (non-hydrogen) atoms. The summed E-state index contributed by atoms with van der Waals surface area (Å²) in [5, 5.41) is 0. The van der Waals surface area contributed by atoms with Gasteiger partial charge in [0, 0.05) is 38.0 Å². The predicted molar refractivity (Wildman–Crippen MR) is 92.5 cm³/mol. The first kappa shape index (κ1) is 15.4. The zero-order valence-corrected chi connectivity index (χ0v) is 14.6. The fourth-order valence-corrected chi connectivity index (χ4v) is 5.34. The molecular weight excluding hydrogens is 316 g/mol. The normalized spacial score (nSPS) is 36.8. The standard InChI is InChI=1S/C20H24N2O3/c1-21-8-10-22(11-9-21)19(24)17-14-6-7-20(18(14)17)12-15(23)13-4-2-3-5-16(13)25-20/h2-5,14,17-18H,6-12H2,1H3/t14-,17+,18+,20-/m1/s1. The molecule has 5 heteroatoms. The Kier molecular flexibility index (Phi) is 3.26. The van der Waals surface area contributed by atoms with Crippen LogP contribution in [0.5, 0.6) is 5.75 Å². The average Bonchev–Trinajstić information content (AvgIpc) is 3.26. The first-order chi connectivity index (χ1) is 12.1. The summed E-state index contributed by atoms with van der Waals surface area (Å²) in [6, 6.07) is 7.53. The summed E-state index contributed by atoms with van der Waals surface area (Å²) in [6.45, 7) is 3.53. The van der Waals surface area contributed by atoms with Gasteiger partial charge in [-0.15, -0.1) is 0 Å². The van der Waals surface area contributed by atoms with Gasteiger partial charge in [0.1, 0.15) is 11.4 Å². The minimum atomic E-state index is -0.441. The molecule has 2 heterocycles. The lowest BCUT2D eigenvalue weighted by Crippen LogP contribution is -2.49. The minimum Gasteiger partial charge on any atom is -0.486 e. The lowest BCUT2D eigenvalue weighted by molar-refractivity contribution is -0.136. The monoisotopic (exact) mass is 340 g/mol. The van der Waals surface area contributed by atoms with E-state index in [-0.39, 0.29) is 23.5 Å². The molecule has 1 spiro atoms. The number of hydrogen-bond acceptors (Lipinski definition) is 4. The van der Waals surface area contributed by atoms with Crippen LogP contribution in [0.1, 0.15) is 29.6 Å². The molecule has 0 unspecified atom stereocenters. The van der Waals surface area contributed by atoms with Gasteiger partial charge in [-0.3, -0.25) is 9.59 Å². The van der Waals surface area contributed by atoms with Crippen molar-refractivity contribution in [3.05, 3.63) is 29.8 Å². The maximum absolute atomic E-state index is 13.0. The maximum atomic E-state index is 13.0. The molecule has 1 saturated heterocycles. The summed E-state index contributed by atoms with van der Waals surface area (Å²) in [4.78, 5) is 29.9. The summed E-state index contributed by atoms with van der Waals surface area (Å²) >= 11 is 0. The van der Waals surface area contributed by atoms with E-state index in [1.807, 2.05) is 29.2 Å². The summed E-state index contributed by atoms with van der Waals surface area (Å²) in [5.41, 5.74) is 0.252. The minimum absolute atomic E-state index is 0.0650. The van der Waals surface area contributed by atoms with Crippen LogP contribution in [0, 0.1) is 17.8 Å². The van der Waals surface area contributed by atoms with Crippen LogP contribution in [-0.4, -0.2) is 60.3 Å². The molecule has 4 aliphatic rings. The van der Waals surface area contributed by atoms with Crippen molar-refractivity contribution in [2.45, 2.75) is 24.9 Å². The Hall–Kier alpha value is -1.88. The van der Waals surface area contributed by atoms with Crippen LogP contribution in [0.2, 0.25) is 0 Å². The fourth-order valence-electron chi connectivity index (χ4n) is 5.34. The van der Waals surface area contributed by atoms with Gasteiger partial charge in [0.2, 0.25) is 5.91 Å². The van der Waals surface area contributed by atoms with E-state index < -0.39 is 5.60 Å². The predicted octanol–water partition coefficient (Wildman–Crippen LogP) is 1.82. The highest BCUT2D eigenvalue weighted by atomic mass is 16.5. The molecule has 0 N–H and O–H groups in total. The number of piperazine rings is 1. The molecule has 3 fully saturated rings. The van der Waals surface area contributed by atoms with Crippen molar-refractivity contribution in [2.75, 3.05) is 33.2 Å². The zero-order chi connectivity index (χ0) is 17.2. The van der Waals surface area contributed by atoms with E-state index in [4.69, 9.17) is 4.74 Å². The van der Waals surface area contributed by atoms with Crippen molar-refractivity contribution in [1.29, 1.82) is 0 Å². The van der Waals surface area contributed by atoms with Gasteiger partial charge in [-0.05, 0) is 37.9 Å². The second-order valence-corrected chi connectivity index (χ2v) is 8.15. The quantitative estimate of drug-likeness (QED) is 0.782. The molecular formula is C20H24N2O3. The third kappa shape index (κ3) is 2.25. The fraction of sp³-hybridized carbons (Fsp3) is 0.600. The Balaban J connectivity index is 1.36. The third-order valence-electron chi connectivity index (χ3n) is 6.74. The van der Waals surface area contributed by atoms with E-state index in [2.05, 4.69) is 11.9 Å². The number of hydrogen-bond donors (Lipinski definition) is 0. The maximum Gasteiger partial charge on any atom is 0.226 e. The molecule has 2 saturated carbocycles. The Bertz CT molecular complexity index is 740. The van der Waals surface area contributed by atoms with E-state index in [1.54, 1.807) is 0 Å². The largest absolute Gasteiger partial charge is 0.486 e. The number of ketones is 1. The summed E-state index contributed by atoms with van der Waals surface area (Å²) in [5.74, 6) is 1.85. The average molecular weight is 340 g/mol. The topological polar surface area (TPSA) is 49.9 Å². The molecule has 1 aromatic rings. The summed E-state index contributed by atoms with van der Waals surface area (Å²) in [6.07, 6.45) is 2.33. The molecule has 1 aromatic carbocycles. The number of carbonyl (C=O) groups excluding carboxylic acids is 2. The van der Waals surface area contributed by atoms with Gasteiger partial charge in [-0.25, -0.2) is 0 Å². The summed E-state index contributed by atoms with van der Waals surface area (Å²) < 4.78 is 6.39. The third-order valence-corrected chi connectivity index (χ3v) is 6.74. The van der Waals surface area contributed by atoms with E-state index in [0.29, 0.717) is 23.7 Å². The molecule has 0 radical (unpaired) electrons. The van der Waals surface area contributed by atoms with Gasteiger partial charge >= 0.3 is 0 Å². The smallest absolute Gasteiger partial charge is 0.226 e. The van der Waals surface area contributed by atoms with Gasteiger partial charge in [0.25, 0.3) is 0 Å². The molecule has 0 bridgehead atoms. The second-order valence-electron chi connectivity index (χ2n) is 8.15. The van der Waals surface area contributed by atoms with Gasteiger partial charge in [-0.2, -0.15) is 0 Å². The van der Waals surface area contributed by atoms with Crippen LogP contribution < -0.4 is 4.74 Å². The lowest BCUT2D eigenvalue weighted by atomic mass is 9.84. The molecule has 2 aliphatic heterocycles. The van der Waals surface area contributed by atoms with Crippen LogP contribution >= 0.6 is 0 Å². The molecule has 4 atom stereocenters. The number of benzene rings is 1. The van der Waals surface area contributed by atoms with Gasteiger partial charge in [0.05, 0.1) is 12.0 Å². The Morgan fingerprint density at radius 3 is 2.76 bits per heavy atom. The van der Waals surface area contributed by atoms with Crippen molar-refractivity contribution >= 4 is 11.7 Å². The number of amides is 1. The number of nitrogens with zero attached hydrogens (tertiary/aromatic N) is 2. The Morgan fingerprint density at radius 2 is 1.96 bits per heavy atom. The van der Waals surface area contributed by atoms with E-state index in [1.165, 1.54) is 0 Å². The number of rotatable bonds is 1. The van der Waals surface area contributed by atoms with Crippen molar-refractivity contribution in [3.8, 4) is 5.75 Å². The molecule has 5 rings (SSSR count). The molecule has 2 aliphatic carbocycles. The number of fused-ring (bicyclic) bond motifs is 3. The second kappa shape index (κ2) is 5.31. The summed E-state index contributed by atoms with van der Waals surface area (Å²) in [7, 11) is 2.10. The first-order valence-electron chi connectivity index (χ1n) is 9.38. The number of para-hydroxylation sites is 1. The first-order valence-corrected chi connectivity index (χ1v) is 9.38. The van der Waals surface area contributed by atoms with Gasteiger partial charge in [-0.1, -0.05) is 12.1 Å². The van der Waals surface area contributed by atoms with E-state index in [9.17, 15) is 9.59 Å². The number of ether oxygens (including phenoxy) is 1. The lowest BCUT2D eigenvalue weighted by Gasteiger charge is -2.38. The molecule has 5 nitrogen and oxygen atoms in total. The van der Waals surface area contributed by atoms with Crippen molar-refractivity contribution in [1.82, 2.24) is 9.80 Å². The van der Waals surface area contributed by atoms with Crippen LogP contribution in [0.3, 0.4) is 0 Å². The Labute approximate surface area is 147 Å². The van der Waals surface area contributed by atoms with Crippen molar-refractivity contribution < 1.29 is 14.3 Å². The van der Waals surface area contributed by atoms with Gasteiger partial charge in [0.15, 0.2) is 5.78 Å². The highest BCUT2D eigenvalue weighted by molar-refractivity contribution is 6.00. The van der Waals surface area contributed by atoms with Crippen LogP contribution in [0.25, 0.3) is 0 Å².